The van der Waals surface area contributed by atoms with Crippen molar-refractivity contribution in [2.75, 3.05) is 20.3 Å². The van der Waals surface area contributed by atoms with Crippen LogP contribution in [0.3, 0.4) is 0 Å². The van der Waals surface area contributed by atoms with E-state index in [4.69, 9.17) is 14.3 Å². The molecule has 0 unspecified atom stereocenters. The number of furan rings is 1. The first-order valence-electron chi connectivity index (χ1n) is 6.59. The van der Waals surface area contributed by atoms with Gasteiger partial charge in [-0.05, 0) is 37.7 Å². The zero-order chi connectivity index (χ0) is 13.9. The molecule has 5 heteroatoms. The average Bonchev–Trinajstić information content (AvgIpc) is 3.03. The predicted molar refractivity (Wildman–Crippen MR) is 70.3 cm³/mol. The second kappa shape index (κ2) is 5.75. The number of aryl methyl sites for hydroxylation is 1. The number of nitrogens with one attached hydrogen (secondary N) is 1. The summed E-state index contributed by atoms with van der Waals surface area (Å²) in [5, 5.41) is 12.3. The minimum atomic E-state index is -0.939. The molecular formula is C14H21NO4. The van der Waals surface area contributed by atoms with Crippen molar-refractivity contribution >= 4 is 5.97 Å². The Morgan fingerprint density at radius 2 is 2.32 bits per heavy atom. The highest BCUT2D eigenvalue weighted by atomic mass is 16.5. The fraction of sp³-hybridized carbons (Fsp3) is 0.643. The van der Waals surface area contributed by atoms with Crippen LogP contribution < -0.4 is 5.32 Å². The Balaban J connectivity index is 1.80. The van der Waals surface area contributed by atoms with Crippen LogP contribution in [0.2, 0.25) is 0 Å². The fourth-order valence-corrected chi connectivity index (χ4v) is 2.30. The molecule has 0 saturated heterocycles. The molecule has 1 heterocycles. The quantitative estimate of drug-likeness (QED) is 0.755. The summed E-state index contributed by atoms with van der Waals surface area (Å²) >= 11 is 0. The lowest BCUT2D eigenvalue weighted by Crippen LogP contribution is -2.24. The number of carbonyl (C=O) groups is 1. The Morgan fingerprint density at radius 3 is 2.84 bits per heavy atom. The maximum Gasteiger partial charge on any atom is 0.339 e. The molecule has 19 heavy (non-hydrogen) atoms. The van der Waals surface area contributed by atoms with Crippen molar-refractivity contribution in [2.45, 2.75) is 32.7 Å². The molecule has 1 aliphatic rings. The molecule has 0 amide bonds. The summed E-state index contributed by atoms with van der Waals surface area (Å²) in [4.78, 5) is 10.9. The van der Waals surface area contributed by atoms with Crippen LogP contribution in [0.5, 0.6) is 0 Å². The van der Waals surface area contributed by atoms with Crippen LogP contribution in [-0.4, -0.2) is 31.3 Å². The van der Waals surface area contributed by atoms with Crippen molar-refractivity contribution in [1.82, 2.24) is 5.32 Å². The maximum atomic E-state index is 10.9. The zero-order valence-corrected chi connectivity index (χ0v) is 11.5. The second-order valence-corrected chi connectivity index (χ2v) is 5.33. The van der Waals surface area contributed by atoms with Gasteiger partial charge in [0.25, 0.3) is 0 Å². The Hall–Kier alpha value is -1.33. The number of methoxy groups -OCH3 is 1. The van der Waals surface area contributed by atoms with Crippen molar-refractivity contribution in [3.8, 4) is 0 Å². The smallest absolute Gasteiger partial charge is 0.339 e. The van der Waals surface area contributed by atoms with Crippen molar-refractivity contribution in [2.24, 2.45) is 5.41 Å². The first-order chi connectivity index (χ1) is 9.06. The van der Waals surface area contributed by atoms with Crippen LogP contribution in [0, 0.1) is 12.3 Å². The number of rotatable bonds is 8. The van der Waals surface area contributed by atoms with Crippen molar-refractivity contribution in [3.05, 3.63) is 23.2 Å². The van der Waals surface area contributed by atoms with Gasteiger partial charge < -0.3 is 19.6 Å². The van der Waals surface area contributed by atoms with E-state index in [0.717, 1.165) is 19.6 Å². The van der Waals surface area contributed by atoms with Gasteiger partial charge in [-0.3, -0.25) is 0 Å². The molecule has 1 fully saturated rings. The number of hydrogen-bond acceptors (Lipinski definition) is 4. The number of aromatic carboxylic acids is 1. The van der Waals surface area contributed by atoms with Gasteiger partial charge in [0.15, 0.2) is 0 Å². The van der Waals surface area contributed by atoms with Crippen LogP contribution in [0.4, 0.5) is 0 Å². The molecule has 2 rings (SSSR count). The van der Waals surface area contributed by atoms with Crippen LogP contribution >= 0.6 is 0 Å². The van der Waals surface area contributed by atoms with Gasteiger partial charge in [0, 0.05) is 20.3 Å². The normalized spacial score (nSPS) is 16.5. The number of hydrogen-bond donors (Lipinski definition) is 2. The lowest BCUT2D eigenvalue weighted by molar-refractivity contribution is 0.0695. The van der Waals surface area contributed by atoms with E-state index in [2.05, 4.69) is 5.32 Å². The van der Waals surface area contributed by atoms with Crippen molar-refractivity contribution in [3.63, 3.8) is 0 Å². The molecule has 0 aromatic carbocycles. The molecule has 5 nitrogen and oxygen atoms in total. The molecule has 106 valence electrons. The third kappa shape index (κ3) is 3.58. The minimum absolute atomic E-state index is 0.248. The van der Waals surface area contributed by atoms with E-state index in [-0.39, 0.29) is 5.56 Å². The van der Waals surface area contributed by atoms with E-state index in [1.165, 1.54) is 12.8 Å². The van der Waals surface area contributed by atoms with Gasteiger partial charge in [0.1, 0.15) is 17.1 Å². The van der Waals surface area contributed by atoms with E-state index in [0.29, 0.717) is 23.5 Å². The zero-order valence-electron chi connectivity index (χ0n) is 11.5. The predicted octanol–water partition coefficient (Wildman–Crippen LogP) is 2.19. The Labute approximate surface area is 112 Å². The summed E-state index contributed by atoms with van der Waals surface area (Å²) < 4.78 is 10.5. The van der Waals surface area contributed by atoms with Crippen LogP contribution in [-0.2, 0) is 11.3 Å². The molecule has 0 bridgehead atoms. The standard InChI is InChI=1S/C14H21NO4/c1-10-12(13(16)17)7-11(19-10)8-15-9-14(3-4-14)5-6-18-2/h7,15H,3-6,8-9H2,1-2H3,(H,16,17). The van der Waals surface area contributed by atoms with Crippen LogP contribution in [0.25, 0.3) is 0 Å². The average molecular weight is 267 g/mol. The monoisotopic (exact) mass is 267 g/mol. The van der Waals surface area contributed by atoms with Gasteiger partial charge in [-0.25, -0.2) is 4.79 Å². The van der Waals surface area contributed by atoms with Gasteiger partial charge >= 0.3 is 5.97 Å². The van der Waals surface area contributed by atoms with Gasteiger partial charge in [-0.15, -0.1) is 0 Å². The molecule has 0 atom stereocenters. The summed E-state index contributed by atoms with van der Waals surface area (Å²) in [6, 6.07) is 1.60. The van der Waals surface area contributed by atoms with Crippen LogP contribution in [0.15, 0.2) is 10.5 Å². The van der Waals surface area contributed by atoms with Gasteiger partial charge in [0.2, 0.25) is 0 Å². The third-order valence-corrected chi connectivity index (χ3v) is 3.79. The Bertz CT molecular complexity index is 448. The number of carboxylic acids is 1. The highest BCUT2D eigenvalue weighted by Gasteiger charge is 2.41. The molecule has 1 aliphatic carbocycles. The maximum absolute atomic E-state index is 10.9. The molecular weight excluding hydrogens is 246 g/mol. The second-order valence-electron chi connectivity index (χ2n) is 5.33. The Kier molecular flexibility index (Phi) is 4.27. The van der Waals surface area contributed by atoms with Gasteiger partial charge in [-0.1, -0.05) is 0 Å². The first-order valence-corrected chi connectivity index (χ1v) is 6.59. The number of carboxylic acid groups (broad SMARTS) is 1. The molecule has 1 aromatic rings. The largest absolute Gasteiger partial charge is 0.478 e. The molecule has 2 N–H and O–H groups in total. The summed E-state index contributed by atoms with van der Waals surface area (Å²) in [5.41, 5.74) is 0.630. The fourth-order valence-electron chi connectivity index (χ4n) is 2.30. The van der Waals surface area contributed by atoms with E-state index >= 15 is 0 Å². The molecule has 0 spiro atoms. The summed E-state index contributed by atoms with van der Waals surface area (Å²) in [7, 11) is 1.72. The highest BCUT2D eigenvalue weighted by molar-refractivity contribution is 5.88. The molecule has 0 radical (unpaired) electrons. The van der Waals surface area contributed by atoms with Crippen LogP contribution in [0.1, 0.15) is 41.1 Å². The SMILES string of the molecule is COCCC1(CNCc2cc(C(=O)O)c(C)o2)CC1. The molecule has 1 saturated carbocycles. The minimum Gasteiger partial charge on any atom is -0.478 e. The number of ether oxygens (including phenoxy) is 1. The van der Waals surface area contributed by atoms with Gasteiger partial charge in [-0.2, -0.15) is 0 Å². The van der Waals surface area contributed by atoms with E-state index in [1.807, 2.05) is 0 Å². The molecule has 0 aliphatic heterocycles. The summed E-state index contributed by atoms with van der Waals surface area (Å²) in [6.07, 6.45) is 3.55. The van der Waals surface area contributed by atoms with E-state index < -0.39 is 5.97 Å². The topological polar surface area (TPSA) is 71.7 Å². The van der Waals surface area contributed by atoms with Crippen molar-refractivity contribution in [1.29, 1.82) is 0 Å². The summed E-state index contributed by atoms with van der Waals surface area (Å²) in [5.74, 6) is 0.202. The van der Waals surface area contributed by atoms with E-state index in [9.17, 15) is 4.79 Å². The summed E-state index contributed by atoms with van der Waals surface area (Å²) in [6.45, 7) is 3.97. The highest BCUT2D eigenvalue weighted by Crippen LogP contribution is 2.48. The Morgan fingerprint density at radius 1 is 1.58 bits per heavy atom. The van der Waals surface area contributed by atoms with Crippen molar-refractivity contribution < 1.29 is 19.1 Å². The first kappa shape index (κ1) is 14.1. The van der Waals surface area contributed by atoms with Gasteiger partial charge in [0.05, 0.1) is 6.54 Å². The lowest BCUT2D eigenvalue weighted by atomic mass is 10.0. The third-order valence-electron chi connectivity index (χ3n) is 3.79. The molecule has 1 aromatic heterocycles. The van der Waals surface area contributed by atoms with E-state index in [1.54, 1.807) is 20.1 Å². The lowest BCUT2D eigenvalue weighted by Gasteiger charge is -2.14.